The molecule has 0 aromatic heterocycles. The molecule has 5 aliphatic heterocycles. The first-order chi connectivity index (χ1) is 18.5. The van der Waals surface area contributed by atoms with Gasteiger partial charge in [0.25, 0.3) is 0 Å². The zero-order valence-electron chi connectivity index (χ0n) is 26.0. The van der Waals surface area contributed by atoms with Crippen molar-refractivity contribution in [2.24, 2.45) is 23.7 Å². The first-order valence-electron chi connectivity index (χ1n) is 17.1. The van der Waals surface area contributed by atoms with Gasteiger partial charge in [0.05, 0.1) is 0 Å². The molecular formula is C33H63N5. The van der Waals surface area contributed by atoms with Gasteiger partial charge < -0.3 is 19.6 Å². The van der Waals surface area contributed by atoms with Crippen LogP contribution in [0.5, 0.6) is 0 Å². The summed E-state index contributed by atoms with van der Waals surface area (Å²) in [5.74, 6) is 3.42. The van der Waals surface area contributed by atoms with Crippen LogP contribution in [-0.2, 0) is 0 Å². The van der Waals surface area contributed by atoms with Crippen molar-refractivity contribution >= 4 is 0 Å². The Hall–Kier alpha value is -0.200. The van der Waals surface area contributed by atoms with Crippen molar-refractivity contribution in [1.82, 2.24) is 24.5 Å². The van der Waals surface area contributed by atoms with Gasteiger partial charge in [-0.2, -0.15) is 0 Å². The highest BCUT2D eigenvalue weighted by Crippen LogP contribution is 2.55. The minimum atomic E-state index is 0.379. The molecular weight excluding hydrogens is 466 g/mol. The Labute approximate surface area is 236 Å². The van der Waals surface area contributed by atoms with Gasteiger partial charge in [-0.05, 0) is 155 Å². The van der Waals surface area contributed by atoms with E-state index in [0.29, 0.717) is 11.6 Å². The van der Waals surface area contributed by atoms with Gasteiger partial charge in [0.2, 0.25) is 0 Å². The Morgan fingerprint density at radius 1 is 0.658 bits per heavy atom. The second-order valence-electron chi connectivity index (χ2n) is 14.3. The molecule has 0 N–H and O–H groups in total. The van der Waals surface area contributed by atoms with Crippen LogP contribution < -0.4 is 0 Å². The van der Waals surface area contributed by atoms with Crippen molar-refractivity contribution in [3.8, 4) is 0 Å². The van der Waals surface area contributed by atoms with Crippen LogP contribution in [0.1, 0.15) is 91.9 Å². The first kappa shape index (κ1) is 29.3. The van der Waals surface area contributed by atoms with Crippen molar-refractivity contribution in [1.29, 1.82) is 0 Å². The van der Waals surface area contributed by atoms with Crippen molar-refractivity contribution < 1.29 is 0 Å². The van der Waals surface area contributed by atoms with Crippen molar-refractivity contribution in [2.45, 2.75) is 110 Å². The summed E-state index contributed by atoms with van der Waals surface area (Å²) in [6, 6.07) is 1.44. The predicted octanol–water partition coefficient (Wildman–Crippen LogP) is 5.12. The number of hydrogen-bond donors (Lipinski definition) is 0. The standard InChI is InChI=1S/C33H63N5/c1-6-35-19-9-14-29(24-35)33(30-15-10-21-37(25-30)27(3)4)32(28-13-8-18-34(5)23-28)17-12-22-38(33)31-16-11-20-36(7-2)26-31/h27-32H,6-26H2,1-5H3/t28?,29?,30-,31-,32?,33-/m1/s1. The Morgan fingerprint density at radius 2 is 1.29 bits per heavy atom. The molecule has 0 aliphatic carbocycles. The number of piperidine rings is 5. The zero-order chi connectivity index (χ0) is 26.7. The van der Waals surface area contributed by atoms with Crippen LogP contribution >= 0.6 is 0 Å². The third-order valence-corrected chi connectivity index (χ3v) is 12.0. The third-order valence-electron chi connectivity index (χ3n) is 12.0. The molecule has 6 atom stereocenters. The van der Waals surface area contributed by atoms with E-state index in [1.807, 2.05) is 0 Å². The normalized spacial score (nSPS) is 40.1. The molecule has 0 aromatic rings. The van der Waals surface area contributed by atoms with Gasteiger partial charge >= 0.3 is 0 Å². The summed E-state index contributed by atoms with van der Waals surface area (Å²) < 4.78 is 0. The maximum atomic E-state index is 3.30. The smallest absolute Gasteiger partial charge is 0.0324 e. The van der Waals surface area contributed by atoms with Gasteiger partial charge in [-0.15, -0.1) is 0 Å². The molecule has 5 saturated heterocycles. The number of likely N-dealkylation sites (tertiary alicyclic amines) is 5. The molecule has 3 unspecified atom stereocenters. The Bertz CT molecular complexity index is 728. The van der Waals surface area contributed by atoms with E-state index in [-0.39, 0.29) is 0 Å². The summed E-state index contributed by atoms with van der Waals surface area (Å²) in [4.78, 5) is 14.5. The van der Waals surface area contributed by atoms with Gasteiger partial charge in [-0.25, -0.2) is 0 Å². The second kappa shape index (κ2) is 13.2. The van der Waals surface area contributed by atoms with Crippen LogP contribution in [0.4, 0.5) is 0 Å². The lowest BCUT2D eigenvalue weighted by molar-refractivity contribution is -0.166. The number of nitrogens with zero attached hydrogens (tertiary/aromatic N) is 5. The predicted molar refractivity (Wildman–Crippen MR) is 162 cm³/mol. The van der Waals surface area contributed by atoms with E-state index >= 15 is 0 Å². The summed E-state index contributed by atoms with van der Waals surface area (Å²) in [5, 5.41) is 0. The first-order valence-corrected chi connectivity index (χ1v) is 17.1. The molecule has 0 bridgehead atoms. The molecule has 5 aliphatic rings. The maximum Gasteiger partial charge on any atom is 0.0324 e. The van der Waals surface area contributed by atoms with Crippen LogP contribution in [0.3, 0.4) is 0 Å². The number of likely N-dealkylation sites (N-methyl/N-ethyl adjacent to an activating group) is 1. The Morgan fingerprint density at radius 3 is 2.00 bits per heavy atom. The minimum absolute atomic E-state index is 0.379. The fourth-order valence-electron chi connectivity index (χ4n) is 10.3. The lowest BCUT2D eigenvalue weighted by Gasteiger charge is -2.66. The van der Waals surface area contributed by atoms with E-state index in [1.165, 1.54) is 136 Å². The van der Waals surface area contributed by atoms with Crippen LogP contribution in [0.25, 0.3) is 0 Å². The monoisotopic (exact) mass is 530 g/mol. The summed E-state index contributed by atoms with van der Waals surface area (Å²) >= 11 is 0. The zero-order valence-corrected chi connectivity index (χ0v) is 26.0. The largest absolute Gasteiger partial charge is 0.306 e. The fraction of sp³-hybridized carbons (Fsp3) is 1.00. The minimum Gasteiger partial charge on any atom is -0.306 e. The van der Waals surface area contributed by atoms with Crippen molar-refractivity contribution in [3.63, 3.8) is 0 Å². The average molecular weight is 530 g/mol. The lowest BCUT2D eigenvalue weighted by atomic mass is 9.54. The molecule has 0 saturated carbocycles. The van der Waals surface area contributed by atoms with Gasteiger partial charge in [-0.3, -0.25) is 4.90 Å². The molecule has 5 heterocycles. The van der Waals surface area contributed by atoms with Crippen molar-refractivity contribution in [3.05, 3.63) is 0 Å². The average Bonchev–Trinajstić information content (AvgIpc) is 2.96. The Kier molecular flexibility index (Phi) is 10.2. The van der Waals surface area contributed by atoms with Gasteiger partial charge in [0.1, 0.15) is 0 Å². The molecule has 5 rings (SSSR count). The summed E-state index contributed by atoms with van der Waals surface area (Å²) in [7, 11) is 2.41. The molecule has 220 valence electrons. The van der Waals surface area contributed by atoms with Gasteiger partial charge in [0.15, 0.2) is 0 Å². The highest BCUT2D eigenvalue weighted by Gasteiger charge is 2.60. The third kappa shape index (κ3) is 5.89. The summed E-state index contributed by atoms with van der Waals surface area (Å²) in [6.07, 6.45) is 14.4. The fourth-order valence-corrected chi connectivity index (χ4v) is 10.3. The SMILES string of the molecule is CCN1CCCC([C@@]2([C@@H]3CCCN(C(C)C)C3)C(C3CCCN(C)C3)CCCN2[C@@H]2CCCN(CC)C2)C1. The van der Waals surface area contributed by atoms with E-state index in [9.17, 15) is 0 Å². The number of rotatable bonds is 7. The quantitative estimate of drug-likeness (QED) is 0.454. The van der Waals surface area contributed by atoms with E-state index in [0.717, 1.165) is 29.7 Å². The van der Waals surface area contributed by atoms with E-state index in [2.05, 4.69) is 59.2 Å². The topological polar surface area (TPSA) is 16.2 Å². The van der Waals surface area contributed by atoms with Crippen LogP contribution in [0, 0.1) is 23.7 Å². The highest BCUT2D eigenvalue weighted by atomic mass is 15.3. The van der Waals surface area contributed by atoms with E-state index < -0.39 is 0 Å². The van der Waals surface area contributed by atoms with Gasteiger partial charge in [-0.1, -0.05) is 13.8 Å². The molecule has 0 aromatic carbocycles. The molecule has 5 heteroatoms. The molecule has 5 fully saturated rings. The van der Waals surface area contributed by atoms with Crippen molar-refractivity contribution in [2.75, 3.05) is 79.0 Å². The molecule has 0 spiro atoms. The second-order valence-corrected chi connectivity index (χ2v) is 14.3. The maximum absolute atomic E-state index is 3.30. The lowest BCUT2D eigenvalue weighted by Crippen LogP contribution is -2.74. The Balaban J connectivity index is 1.60. The van der Waals surface area contributed by atoms with Crippen LogP contribution in [0.15, 0.2) is 0 Å². The molecule has 38 heavy (non-hydrogen) atoms. The summed E-state index contributed by atoms with van der Waals surface area (Å²) in [6.45, 7) is 24.2. The molecule has 0 amide bonds. The number of hydrogen-bond acceptors (Lipinski definition) is 5. The van der Waals surface area contributed by atoms with E-state index in [1.54, 1.807) is 0 Å². The van der Waals surface area contributed by atoms with Gasteiger partial charge in [0, 0.05) is 43.8 Å². The highest BCUT2D eigenvalue weighted by molar-refractivity contribution is 5.14. The van der Waals surface area contributed by atoms with Crippen LogP contribution in [-0.4, -0.2) is 121 Å². The van der Waals surface area contributed by atoms with Crippen LogP contribution in [0.2, 0.25) is 0 Å². The summed E-state index contributed by atoms with van der Waals surface area (Å²) in [5.41, 5.74) is 0.379. The van der Waals surface area contributed by atoms with E-state index in [4.69, 9.17) is 0 Å². The molecule has 5 nitrogen and oxygen atoms in total. The molecule has 0 radical (unpaired) electrons.